The van der Waals surface area contributed by atoms with Crippen molar-refractivity contribution in [3.8, 4) is 11.5 Å². The van der Waals surface area contributed by atoms with Crippen LogP contribution in [0.4, 0.5) is 5.69 Å². The minimum Gasteiger partial charge on any atom is -0.493 e. The van der Waals surface area contributed by atoms with Crippen LogP contribution in [0, 0.1) is 0 Å². The van der Waals surface area contributed by atoms with E-state index in [-0.39, 0.29) is 19.3 Å². The van der Waals surface area contributed by atoms with Gasteiger partial charge in [0.1, 0.15) is 5.52 Å². The van der Waals surface area contributed by atoms with Crippen LogP contribution in [0.1, 0.15) is 57.0 Å². The zero-order chi connectivity index (χ0) is 32.1. The number of thioether (sulfide) groups is 1. The number of aromatic nitrogens is 2. The maximum Gasteiger partial charge on any atom is 0.341 e. The second-order valence-corrected chi connectivity index (χ2v) is 11.9. The highest BCUT2D eigenvalue weighted by Gasteiger charge is 2.33. The number of nitrogens with one attached hydrogen (secondary N) is 1. The van der Waals surface area contributed by atoms with E-state index in [1.165, 1.54) is 4.90 Å². The first kappa shape index (κ1) is 31.8. The van der Waals surface area contributed by atoms with Crippen LogP contribution in [0.3, 0.4) is 0 Å². The standard InChI is InChI=1S/C32H37N6O6S/c1-20(33)34-19-28-35-22(17-31-36(2)23-10-7-8-11-27(23)45-31)21-16-25(42-3)26(43-4)18-24(21)37(28)15-9-5-6-12-32(41)44-38-29(39)13-14-30(38)40/h7-8,10-11,16-18H,5-6,9,12-15,19H2,1-4H3,(H2,33,34)/q+1/p+1. The maximum absolute atomic E-state index is 12.3. The summed E-state index contributed by atoms with van der Waals surface area (Å²) in [6.45, 7) is 2.80. The number of nitrogens with zero attached hydrogens (tertiary/aromatic N) is 4. The van der Waals surface area contributed by atoms with Gasteiger partial charge in [-0.15, -0.1) is 5.06 Å². The van der Waals surface area contributed by atoms with Crippen LogP contribution in [0.15, 0.2) is 46.3 Å². The first-order valence-electron chi connectivity index (χ1n) is 14.8. The Morgan fingerprint density at radius 2 is 1.80 bits per heavy atom. The molecule has 3 aromatic rings. The number of carbonyl (C=O) groups is 3. The topological polar surface area (TPSA) is 142 Å². The average Bonchev–Trinajstić information content (AvgIpc) is 3.52. The van der Waals surface area contributed by atoms with E-state index in [2.05, 4.69) is 32.7 Å². The third-order valence-electron chi connectivity index (χ3n) is 7.65. The molecule has 45 heavy (non-hydrogen) atoms. The van der Waals surface area contributed by atoms with Gasteiger partial charge in [0.15, 0.2) is 23.7 Å². The van der Waals surface area contributed by atoms with Crippen molar-refractivity contribution in [1.29, 1.82) is 0 Å². The van der Waals surface area contributed by atoms with E-state index in [0.29, 0.717) is 48.3 Å². The van der Waals surface area contributed by atoms with Gasteiger partial charge in [-0.25, -0.2) is 9.36 Å². The van der Waals surface area contributed by atoms with E-state index in [1.54, 1.807) is 32.9 Å². The summed E-state index contributed by atoms with van der Waals surface area (Å²) in [5.74, 6) is 0.985. The molecule has 236 valence electrons. The molecule has 0 spiro atoms. The van der Waals surface area contributed by atoms with Crippen LogP contribution < -0.4 is 29.7 Å². The summed E-state index contributed by atoms with van der Waals surface area (Å²) >= 11 is 1.69. The van der Waals surface area contributed by atoms with E-state index >= 15 is 0 Å². The van der Waals surface area contributed by atoms with Crippen molar-refractivity contribution in [2.75, 3.05) is 26.2 Å². The molecular formula is C32H38N6O6S+2. The Morgan fingerprint density at radius 3 is 2.49 bits per heavy atom. The van der Waals surface area contributed by atoms with E-state index in [1.807, 2.05) is 31.3 Å². The van der Waals surface area contributed by atoms with Crippen LogP contribution in [0.2, 0.25) is 0 Å². The van der Waals surface area contributed by atoms with Gasteiger partial charge in [0.05, 0.1) is 36.9 Å². The van der Waals surface area contributed by atoms with Crippen LogP contribution in [-0.4, -0.2) is 54.9 Å². The molecule has 1 fully saturated rings. The molecule has 0 unspecified atom stereocenters. The predicted molar refractivity (Wildman–Crippen MR) is 169 cm³/mol. The summed E-state index contributed by atoms with van der Waals surface area (Å²) < 4.78 is 13.5. The van der Waals surface area contributed by atoms with E-state index in [0.717, 1.165) is 39.6 Å². The lowest BCUT2D eigenvalue weighted by molar-refractivity contribution is -0.696. The lowest BCUT2D eigenvalue weighted by Gasteiger charge is -2.15. The molecule has 2 aliphatic rings. The molecule has 1 aromatic heterocycles. The number of aryl methyl sites for hydroxylation is 1. The first-order chi connectivity index (χ1) is 21.7. The monoisotopic (exact) mass is 634 g/mol. The Kier molecular flexibility index (Phi) is 9.87. The van der Waals surface area contributed by atoms with Gasteiger partial charge < -0.3 is 19.2 Å². The number of fused-ring (bicyclic) bond motifs is 2. The van der Waals surface area contributed by atoms with Gasteiger partial charge in [-0.2, -0.15) is 0 Å². The summed E-state index contributed by atoms with van der Waals surface area (Å²) in [4.78, 5) is 52.4. The van der Waals surface area contributed by atoms with Crippen molar-refractivity contribution in [3.05, 3.63) is 52.9 Å². The molecule has 12 nitrogen and oxygen atoms in total. The number of amides is 2. The van der Waals surface area contributed by atoms with Gasteiger partial charge in [-0.1, -0.05) is 23.9 Å². The number of hydrogen-bond donors (Lipinski definition) is 2. The zero-order valence-electron chi connectivity index (χ0n) is 25.9. The molecule has 3 N–H and O–H groups in total. The molecule has 1 saturated heterocycles. The fourth-order valence-electron chi connectivity index (χ4n) is 5.29. The van der Waals surface area contributed by atoms with Gasteiger partial charge in [-0.3, -0.25) is 20.3 Å². The summed E-state index contributed by atoms with van der Waals surface area (Å²) in [5, 5.41) is 2.53. The number of ether oxygens (including phenoxy) is 2. The lowest BCUT2D eigenvalue weighted by atomic mass is 10.1. The highest BCUT2D eigenvalue weighted by atomic mass is 32.2. The minimum atomic E-state index is -0.594. The van der Waals surface area contributed by atoms with Crippen molar-refractivity contribution >= 4 is 58.0 Å². The molecule has 0 bridgehead atoms. The average molecular weight is 635 g/mol. The number of para-hydroxylation sites is 1. The van der Waals surface area contributed by atoms with E-state index in [4.69, 9.17) is 25.0 Å². The number of imide groups is 1. The molecule has 0 aliphatic carbocycles. The Balaban J connectivity index is 1.43. The predicted octanol–water partition coefficient (Wildman–Crippen LogP) is 2.21. The number of hydrogen-bond acceptors (Lipinski definition) is 9. The summed E-state index contributed by atoms with van der Waals surface area (Å²) in [6.07, 6.45) is 4.31. The fourth-order valence-corrected chi connectivity index (χ4v) is 6.38. The van der Waals surface area contributed by atoms with Crippen LogP contribution in [-0.2, 0) is 32.3 Å². The summed E-state index contributed by atoms with van der Waals surface area (Å²) in [7, 11) is 5.27. The van der Waals surface area contributed by atoms with Crippen molar-refractivity contribution in [3.63, 3.8) is 0 Å². The number of unbranched alkanes of at least 4 members (excludes halogenated alkanes) is 2. The van der Waals surface area contributed by atoms with Gasteiger partial charge in [0.25, 0.3) is 11.8 Å². The number of nitrogens with two attached hydrogens (primary N) is 1. The number of rotatable bonds is 12. The third-order valence-corrected chi connectivity index (χ3v) is 8.81. The molecule has 3 heterocycles. The normalized spacial score (nSPS) is 15.7. The van der Waals surface area contributed by atoms with E-state index in [9.17, 15) is 14.4 Å². The quantitative estimate of drug-likeness (QED) is 0.100. The van der Waals surface area contributed by atoms with Crippen LogP contribution in [0.25, 0.3) is 17.0 Å². The Morgan fingerprint density at radius 1 is 1.09 bits per heavy atom. The SMILES string of the molecule is COc1cc2c(C=C3Sc4ccccc4N3C)nc(C[NH+]=C(C)N)[n+](CCCCCC(=O)ON3C(=O)CCC3=O)c2cc1OC. The number of methoxy groups -OCH3 is 2. The Bertz CT molecular complexity index is 1690. The number of amidine groups is 1. The molecule has 2 aromatic carbocycles. The van der Waals surface area contributed by atoms with Crippen molar-refractivity contribution in [1.82, 2.24) is 10.0 Å². The molecule has 2 amide bonds. The Hall–Kier alpha value is -4.65. The molecule has 5 rings (SSSR count). The largest absolute Gasteiger partial charge is 0.493 e. The number of anilines is 1. The fraction of sp³-hybridized carbons (Fsp3) is 0.375. The number of hydroxylamine groups is 2. The number of benzene rings is 2. The van der Waals surface area contributed by atoms with Crippen LogP contribution >= 0.6 is 11.8 Å². The molecule has 0 radical (unpaired) electrons. The van der Waals surface area contributed by atoms with Gasteiger partial charge in [0, 0.05) is 50.3 Å². The van der Waals surface area contributed by atoms with Crippen molar-refractivity contribution in [2.24, 2.45) is 5.73 Å². The molecule has 13 heteroatoms. The smallest absolute Gasteiger partial charge is 0.341 e. The molecule has 2 aliphatic heterocycles. The highest BCUT2D eigenvalue weighted by Crippen LogP contribution is 2.45. The van der Waals surface area contributed by atoms with Crippen LogP contribution in [0.5, 0.6) is 11.5 Å². The third kappa shape index (κ3) is 7.03. The summed E-state index contributed by atoms with van der Waals surface area (Å²) in [6, 6.07) is 12.2. The highest BCUT2D eigenvalue weighted by molar-refractivity contribution is 8.03. The first-order valence-corrected chi connectivity index (χ1v) is 15.6. The lowest BCUT2D eigenvalue weighted by Crippen LogP contribution is -2.74. The van der Waals surface area contributed by atoms with Crippen molar-refractivity contribution in [2.45, 2.75) is 63.4 Å². The molecule has 0 atom stereocenters. The molecular weight excluding hydrogens is 596 g/mol. The Labute approximate surface area is 265 Å². The van der Waals surface area contributed by atoms with Crippen molar-refractivity contribution < 1.29 is 38.3 Å². The maximum atomic E-state index is 12.3. The second-order valence-electron chi connectivity index (χ2n) is 10.8. The van der Waals surface area contributed by atoms with Gasteiger partial charge in [-0.05, 0) is 42.4 Å². The summed E-state index contributed by atoms with van der Waals surface area (Å²) in [5.41, 5.74) is 8.82. The number of carbonyl (C=O) groups excluding carboxylic acids is 3. The van der Waals surface area contributed by atoms with Gasteiger partial charge >= 0.3 is 11.8 Å². The second kappa shape index (κ2) is 14.0. The van der Waals surface area contributed by atoms with E-state index < -0.39 is 17.8 Å². The van der Waals surface area contributed by atoms with Gasteiger partial charge in [0.2, 0.25) is 5.84 Å². The molecule has 0 saturated carbocycles. The minimum absolute atomic E-state index is 0.0691. The zero-order valence-corrected chi connectivity index (χ0v) is 26.7.